The van der Waals surface area contributed by atoms with Crippen LogP contribution in [0.25, 0.3) is 0 Å². The maximum atomic E-state index is 2.64. The molecule has 2 aliphatic rings. The molecule has 0 spiro atoms. The van der Waals surface area contributed by atoms with Gasteiger partial charge in [0.2, 0.25) is 0 Å². The van der Waals surface area contributed by atoms with Crippen LogP contribution in [0.15, 0.2) is 11.6 Å². The van der Waals surface area contributed by atoms with Crippen LogP contribution in [-0.4, -0.2) is 24.0 Å². The van der Waals surface area contributed by atoms with Crippen molar-refractivity contribution in [2.75, 3.05) is 13.1 Å². The van der Waals surface area contributed by atoms with Crippen molar-refractivity contribution in [1.29, 1.82) is 0 Å². The second-order valence-electron chi connectivity index (χ2n) is 6.95. The second-order valence-corrected chi connectivity index (χ2v) is 6.95. The SMILES string of the molecule is CC(C)N1CCC=C(CC2CCCCCCC2)CC1. The Labute approximate surface area is 120 Å². The van der Waals surface area contributed by atoms with Crippen molar-refractivity contribution in [2.24, 2.45) is 5.92 Å². The first-order chi connectivity index (χ1) is 9.25. The molecule has 1 aliphatic carbocycles. The topological polar surface area (TPSA) is 3.24 Å². The number of hydrogen-bond donors (Lipinski definition) is 0. The zero-order chi connectivity index (χ0) is 13.5. The van der Waals surface area contributed by atoms with E-state index in [1.54, 1.807) is 5.57 Å². The highest BCUT2D eigenvalue weighted by Gasteiger charge is 2.17. The Bertz CT molecular complexity index is 271. The van der Waals surface area contributed by atoms with Crippen molar-refractivity contribution < 1.29 is 0 Å². The average molecular weight is 263 g/mol. The number of rotatable bonds is 3. The summed E-state index contributed by atoms with van der Waals surface area (Å²) in [4.78, 5) is 2.64. The first-order valence-electron chi connectivity index (χ1n) is 8.67. The molecule has 0 N–H and O–H groups in total. The van der Waals surface area contributed by atoms with E-state index in [-0.39, 0.29) is 0 Å². The lowest BCUT2D eigenvalue weighted by Crippen LogP contribution is -2.31. The van der Waals surface area contributed by atoms with Crippen LogP contribution in [0.5, 0.6) is 0 Å². The van der Waals surface area contributed by atoms with Gasteiger partial charge in [0.25, 0.3) is 0 Å². The molecule has 0 aromatic carbocycles. The van der Waals surface area contributed by atoms with E-state index in [2.05, 4.69) is 24.8 Å². The van der Waals surface area contributed by atoms with Crippen LogP contribution in [0.3, 0.4) is 0 Å². The van der Waals surface area contributed by atoms with Crippen LogP contribution >= 0.6 is 0 Å². The molecular weight excluding hydrogens is 230 g/mol. The van der Waals surface area contributed by atoms with Gasteiger partial charge in [-0.2, -0.15) is 0 Å². The minimum atomic E-state index is 0.717. The minimum absolute atomic E-state index is 0.717. The van der Waals surface area contributed by atoms with E-state index in [1.165, 1.54) is 77.3 Å². The van der Waals surface area contributed by atoms with Crippen LogP contribution in [0, 0.1) is 5.92 Å². The third-order valence-corrected chi connectivity index (χ3v) is 5.08. The van der Waals surface area contributed by atoms with E-state index in [1.807, 2.05) is 0 Å². The summed E-state index contributed by atoms with van der Waals surface area (Å²) in [6, 6.07) is 0.717. The van der Waals surface area contributed by atoms with E-state index < -0.39 is 0 Å². The molecule has 1 fully saturated rings. The van der Waals surface area contributed by atoms with Gasteiger partial charge in [-0.15, -0.1) is 0 Å². The normalized spacial score (nSPS) is 24.7. The van der Waals surface area contributed by atoms with Gasteiger partial charge < -0.3 is 4.90 Å². The molecule has 0 aromatic rings. The lowest BCUT2D eigenvalue weighted by Gasteiger charge is -2.25. The third-order valence-electron chi connectivity index (χ3n) is 5.08. The largest absolute Gasteiger partial charge is 0.300 e. The molecule has 0 bridgehead atoms. The van der Waals surface area contributed by atoms with Crippen LogP contribution in [0.4, 0.5) is 0 Å². The summed E-state index contributed by atoms with van der Waals surface area (Å²) < 4.78 is 0. The molecule has 1 heteroatoms. The van der Waals surface area contributed by atoms with E-state index in [0.29, 0.717) is 6.04 Å². The van der Waals surface area contributed by atoms with Gasteiger partial charge in [-0.05, 0) is 39.0 Å². The highest BCUT2D eigenvalue weighted by atomic mass is 15.1. The van der Waals surface area contributed by atoms with Crippen LogP contribution in [-0.2, 0) is 0 Å². The van der Waals surface area contributed by atoms with Gasteiger partial charge in [0.15, 0.2) is 0 Å². The molecule has 110 valence electrons. The Balaban J connectivity index is 1.79. The van der Waals surface area contributed by atoms with Crippen molar-refractivity contribution in [3.05, 3.63) is 11.6 Å². The molecule has 1 saturated carbocycles. The average Bonchev–Trinajstić information content (AvgIpc) is 2.58. The molecule has 2 rings (SSSR count). The van der Waals surface area contributed by atoms with Crippen molar-refractivity contribution in [3.63, 3.8) is 0 Å². The zero-order valence-electron chi connectivity index (χ0n) is 13.2. The van der Waals surface area contributed by atoms with Crippen LogP contribution in [0.1, 0.15) is 78.1 Å². The molecule has 0 aromatic heterocycles. The van der Waals surface area contributed by atoms with E-state index in [9.17, 15) is 0 Å². The summed E-state index contributed by atoms with van der Waals surface area (Å²) in [5, 5.41) is 0. The molecule has 19 heavy (non-hydrogen) atoms. The molecule has 1 heterocycles. The Morgan fingerprint density at radius 2 is 1.74 bits per heavy atom. The van der Waals surface area contributed by atoms with Crippen molar-refractivity contribution in [1.82, 2.24) is 4.90 Å². The van der Waals surface area contributed by atoms with Crippen molar-refractivity contribution in [2.45, 2.75) is 84.1 Å². The Kier molecular flexibility index (Phi) is 6.43. The molecule has 0 amide bonds. The molecular formula is C18H33N. The van der Waals surface area contributed by atoms with Gasteiger partial charge >= 0.3 is 0 Å². The lowest BCUT2D eigenvalue weighted by atomic mass is 9.86. The van der Waals surface area contributed by atoms with Gasteiger partial charge in [0.1, 0.15) is 0 Å². The third kappa shape index (κ3) is 5.30. The molecule has 0 radical (unpaired) electrons. The lowest BCUT2D eigenvalue weighted by molar-refractivity contribution is 0.232. The summed E-state index contributed by atoms with van der Waals surface area (Å²) in [5.74, 6) is 0.997. The monoisotopic (exact) mass is 263 g/mol. The zero-order valence-corrected chi connectivity index (χ0v) is 13.2. The fourth-order valence-electron chi connectivity index (χ4n) is 3.75. The first-order valence-corrected chi connectivity index (χ1v) is 8.67. The summed E-state index contributed by atoms with van der Waals surface area (Å²) in [5.41, 5.74) is 1.77. The molecule has 0 unspecified atom stereocenters. The van der Waals surface area contributed by atoms with Gasteiger partial charge in [0, 0.05) is 19.1 Å². The number of hydrogen-bond acceptors (Lipinski definition) is 1. The highest BCUT2D eigenvalue weighted by Crippen LogP contribution is 2.29. The van der Waals surface area contributed by atoms with Gasteiger partial charge in [0.05, 0.1) is 0 Å². The van der Waals surface area contributed by atoms with Crippen molar-refractivity contribution in [3.8, 4) is 0 Å². The highest BCUT2D eigenvalue weighted by molar-refractivity contribution is 5.06. The summed E-state index contributed by atoms with van der Waals surface area (Å²) >= 11 is 0. The summed E-state index contributed by atoms with van der Waals surface area (Å²) in [6.45, 7) is 7.22. The van der Waals surface area contributed by atoms with Crippen molar-refractivity contribution >= 4 is 0 Å². The first kappa shape index (κ1) is 15.1. The quantitative estimate of drug-likeness (QED) is 0.635. The standard InChI is InChI=1S/C18H33N/c1-16(2)19-13-8-11-18(12-14-19)15-17-9-6-4-3-5-7-10-17/h11,16-17H,3-10,12-15H2,1-2H3. The maximum absolute atomic E-state index is 2.64. The summed E-state index contributed by atoms with van der Waals surface area (Å²) in [7, 11) is 0. The summed E-state index contributed by atoms with van der Waals surface area (Å²) in [6.07, 6.45) is 17.0. The molecule has 1 aliphatic heterocycles. The second kappa shape index (κ2) is 8.09. The van der Waals surface area contributed by atoms with E-state index in [0.717, 1.165) is 5.92 Å². The maximum Gasteiger partial charge on any atom is 0.00388 e. The van der Waals surface area contributed by atoms with E-state index >= 15 is 0 Å². The van der Waals surface area contributed by atoms with Gasteiger partial charge in [-0.3, -0.25) is 0 Å². The van der Waals surface area contributed by atoms with Crippen LogP contribution in [0.2, 0.25) is 0 Å². The van der Waals surface area contributed by atoms with Gasteiger partial charge in [-0.1, -0.05) is 56.6 Å². The van der Waals surface area contributed by atoms with Gasteiger partial charge in [-0.25, -0.2) is 0 Å². The minimum Gasteiger partial charge on any atom is -0.300 e. The molecule has 1 nitrogen and oxygen atoms in total. The predicted molar refractivity (Wildman–Crippen MR) is 84.5 cm³/mol. The Morgan fingerprint density at radius 1 is 1.05 bits per heavy atom. The Morgan fingerprint density at radius 3 is 2.42 bits per heavy atom. The Hall–Kier alpha value is -0.300. The predicted octanol–water partition coefficient (Wildman–Crippen LogP) is 5.17. The number of nitrogens with zero attached hydrogens (tertiary/aromatic N) is 1. The fourth-order valence-corrected chi connectivity index (χ4v) is 3.75. The fraction of sp³-hybridized carbons (Fsp3) is 0.889. The smallest absolute Gasteiger partial charge is 0.00388 e. The van der Waals surface area contributed by atoms with E-state index in [4.69, 9.17) is 0 Å². The molecule has 0 saturated heterocycles. The molecule has 0 atom stereocenters. The van der Waals surface area contributed by atoms with Crippen LogP contribution < -0.4 is 0 Å².